The summed E-state index contributed by atoms with van der Waals surface area (Å²) in [5.41, 5.74) is 2.60. The number of aromatic nitrogens is 3. The predicted octanol–water partition coefficient (Wildman–Crippen LogP) is 3.30. The van der Waals surface area contributed by atoms with Gasteiger partial charge in [0.05, 0.1) is 35.5 Å². The van der Waals surface area contributed by atoms with Crippen molar-refractivity contribution >= 4 is 11.6 Å². The van der Waals surface area contributed by atoms with Crippen molar-refractivity contribution in [3.8, 4) is 28.7 Å². The fourth-order valence-electron chi connectivity index (χ4n) is 4.06. The molecule has 2 heterocycles. The van der Waals surface area contributed by atoms with Crippen LogP contribution in [0.2, 0.25) is 0 Å². The Hall–Kier alpha value is -3.92. The van der Waals surface area contributed by atoms with Crippen LogP contribution in [-0.2, 0) is 6.42 Å². The van der Waals surface area contributed by atoms with Gasteiger partial charge >= 0.3 is 0 Å². The number of hydrogen-bond acceptors (Lipinski definition) is 9. The molecule has 3 aromatic rings. The van der Waals surface area contributed by atoms with Gasteiger partial charge in [-0.3, -0.25) is 0 Å². The van der Waals surface area contributed by atoms with Gasteiger partial charge in [0, 0.05) is 24.3 Å². The van der Waals surface area contributed by atoms with Gasteiger partial charge in [-0.15, -0.1) is 0 Å². The molecular formula is C25H30N4O6. The number of rotatable bonds is 10. The van der Waals surface area contributed by atoms with Gasteiger partial charge in [0.2, 0.25) is 11.7 Å². The van der Waals surface area contributed by atoms with Gasteiger partial charge in [0.25, 0.3) is 0 Å². The largest absolute Gasteiger partial charge is 0.493 e. The maximum Gasteiger partial charge on any atom is 0.226 e. The van der Waals surface area contributed by atoms with Gasteiger partial charge in [0.1, 0.15) is 6.04 Å². The minimum absolute atomic E-state index is 0.0722. The first-order valence-electron chi connectivity index (χ1n) is 11.1. The second-order valence-electron chi connectivity index (χ2n) is 7.80. The number of fused-ring (bicyclic) bond motifs is 1. The van der Waals surface area contributed by atoms with Crippen LogP contribution in [0.15, 0.2) is 36.4 Å². The third-order valence-corrected chi connectivity index (χ3v) is 5.79. The van der Waals surface area contributed by atoms with Crippen molar-refractivity contribution < 1.29 is 28.8 Å². The smallest absolute Gasteiger partial charge is 0.226 e. The summed E-state index contributed by atoms with van der Waals surface area (Å²) >= 11 is 0. The summed E-state index contributed by atoms with van der Waals surface area (Å²) in [6.45, 7) is 0.0722. The van der Waals surface area contributed by atoms with Gasteiger partial charge in [-0.1, -0.05) is 0 Å². The van der Waals surface area contributed by atoms with Gasteiger partial charge < -0.3 is 34.1 Å². The molecule has 0 saturated heterocycles. The van der Waals surface area contributed by atoms with Crippen LogP contribution in [0.1, 0.15) is 29.4 Å². The van der Waals surface area contributed by atoms with Crippen LogP contribution in [-0.4, -0.2) is 62.0 Å². The van der Waals surface area contributed by atoms with Crippen molar-refractivity contribution in [2.45, 2.75) is 18.9 Å². The van der Waals surface area contributed by atoms with Gasteiger partial charge in [-0.25, -0.2) is 4.68 Å². The fraction of sp³-hybridized carbons (Fsp3) is 0.360. The molecule has 0 aliphatic carbocycles. The Morgan fingerprint density at radius 3 is 2.17 bits per heavy atom. The van der Waals surface area contributed by atoms with E-state index in [4.69, 9.17) is 28.8 Å². The molecular weight excluding hydrogens is 452 g/mol. The van der Waals surface area contributed by atoms with Crippen LogP contribution in [0.5, 0.6) is 28.7 Å². The van der Waals surface area contributed by atoms with E-state index >= 15 is 0 Å². The average molecular weight is 483 g/mol. The lowest BCUT2D eigenvalue weighted by atomic mass is 10.0. The fourth-order valence-corrected chi connectivity index (χ4v) is 4.06. The third-order valence-electron chi connectivity index (χ3n) is 5.79. The first-order valence-corrected chi connectivity index (χ1v) is 11.1. The summed E-state index contributed by atoms with van der Waals surface area (Å²) in [6, 6.07) is 9.20. The molecule has 2 N–H and O–H groups in total. The molecule has 1 aliphatic heterocycles. The second kappa shape index (κ2) is 10.6. The minimum atomic E-state index is -0.321. The van der Waals surface area contributed by atoms with E-state index in [9.17, 15) is 5.11 Å². The van der Waals surface area contributed by atoms with Crippen LogP contribution in [0.25, 0.3) is 5.70 Å². The number of methoxy groups -OCH3 is 5. The highest BCUT2D eigenvalue weighted by molar-refractivity contribution is 5.78. The zero-order valence-corrected chi connectivity index (χ0v) is 20.5. The monoisotopic (exact) mass is 482 g/mol. The molecule has 1 aliphatic rings. The highest BCUT2D eigenvalue weighted by atomic mass is 16.5. The molecule has 0 bridgehead atoms. The Kier molecular flexibility index (Phi) is 7.31. The predicted molar refractivity (Wildman–Crippen MR) is 131 cm³/mol. The topological polar surface area (TPSA) is 109 Å². The van der Waals surface area contributed by atoms with Crippen molar-refractivity contribution in [3.63, 3.8) is 0 Å². The Morgan fingerprint density at radius 1 is 0.886 bits per heavy atom. The van der Waals surface area contributed by atoms with E-state index < -0.39 is 0 Å². The molecule has 1 aromatic heterocycles. The number of aliphatic hydroxyl groups is 1. The number of ether oxygens (including phenoxy) is 5. The minimum Gasteiger partial charge on any atom is -0.493 e. The number of anilines is 1. The molecule has 0 saturated carbocycles. The maximum atomic E-state index is 9.26. The Morgan fingerprint density at radius 2 is 1.57 bits per heavy atom. The summed E-state index contributed by atoms with van der Waals surface area (Å²) in [5.74, 6) is 4.09. The number of benzene rings is 2. The highest BCUT2D eigenvalue weighted by Crippen LogP contribution is 2.43. The SMILES string of the molecule is COc1ccc(C2=C[C@H](c3cc(OC)c(OC)c(OC)c3)n3nc(CCCO)nc3N2)cc1OC. The van der Waals surface area contributed by atoms with Gasteiger partial charge in [-0.2, -0.15) is 10.1 Å². The van der Waals surface area contributed by atoms with Crippen molar-refractivity contribution in [2.24, 2.45) is 0 Å². The lowest BCUT2D eigenvalue weighted by Gasteiger charge is -2.25. The zero-order chi connectivity index (χ0) is 24.9. The molecule has 186 valence electrons. The molecule has 0 amide bonds. The van der Waals surface area contributed by atoms with Gasteiger partial charge in [-0.05, 0) is 48.4 Å². The van der Waals surface area contributed by atoms with Crippen LogP contribution in [0, 0.1) is 0 Å². The first kappa shape index (κ1) is 24.2. The summed E-state index contributed by atoms with van der Waals surface area (Å²) < 4.78 is 29.4. The molecule has 1 atom stereocenters. The lowest BCUT2D eigenvalue weighted by Crippen LogP contribution is -2.20. The number of hydrogen-bond donors (Lipinski definition) is 2. The second-order valence-corrected chi connectivity index (χ2v) is 7.80. The summed E-state index contributed by atoms with van der Waals surface area (Å²) in [6.07, 6.45) is 3.19. The van der Waals surface area contributed by atoms with E-state index in [1.807, 2.05) is 35.0 Å². The number of aliphatic hydroxyl groups excluding tert-OH is 1. The summed E-state index contributed by atoms with van der Waals surface area (Å²) in [5, 5.41) is 17.4. The summed E-state index contributed by atoms with van der Waals surface area (Å²) in [7, 11) is 7.95. The molecule has 0 spiro atoms. The highest BCUT2D eigenvalue weighted by Gasteiger charge is 2.28. The molecule has 0 fully saturated rings. The van der Waals surface area contributed by atoms with Crippen LogP contribution < -0.4 is 29.0 Å². The van der Waals surface area contributed by atoms with E-state index in [-0.39, 0.29) is 12.6 Å². The molecule has 2 aromatic carbocycles. The van der Waals surface area contributed by atoms with Crippen LogP contribution in [0.4, 0.5) is 5.95 Å². The molecule has 10 nitrogen and oxygen atoms in total. The lowest BCUT2D eigenvalue weighted by molar-refractivity contribution is 0.287. The van der Waals surface area contributed by atoms with Gasteiger partial charge in [0.15, 0.2) is 28.8 Å². The van der Waals surface area contributed by atoms with E-state index in [1.54, 1.807) is 35.5 Å². The van der Waals surface area contributed by atoms with Crippen molar-refractivity contribution in [1.29, 1.82) is 0 Å². The maximum absolute atomic E-state index is 9.26. The van der Waals surface area contributed by atoms with Crippen molar-refractivity contribution in [3.05, 3.63) is 53.4 Å². The number of allylic oxidation sites excluding steroid dienone is 1. The molecule has 10 heteroatoms. The standard InChI is InChI=1S/C25H30N4O6/c1-31-19-9-8-15(11-20(19)32-2)17-14-18(29-25(26-17)27-23(28-29)7-6-10-30)16-12-21(33-3)24(35-5)22(13-16)34-4/h8-9,11-14,18,30H,6-7,10H2,1-5H3,(H,26,27,28)/t18-/m1/s1. The van der Waals surface area contributed by atoms with E-state index in [2.05, 4.69) is 16.4 Å². The number of aryl methyl sites for hydroxylation is 1. The quantitative estimate of drug-likeness (QED) is 0.450. The molecule has 0 unspecified atom stereocenters. The number of nitrogens with zero attached hydrogens (tertiary/aromatic N) is 3. The van der Waals surface area contributed by atoms with E-state index in [1.165, 1.54) is 0 Å². The van der Waals surface area contributed by atoms with Crippen molar-refractivity contribution in [1.82, 2.24) is 14.8 Å². The van der Waals surface area contributed by atoms with Crippen LogP contribution in [0.3, 0.4) is 0 Å². The van der Waals surface area contributed by atoms with Crippen molar-refractivity contribution in [2.75, 3.05) is 47.5 Å². The molecule has 35 heavy (non-hydrogen) atoms. The third kappa shape index (κ3) is 4.69. The Bertz CT molecular complexity index is 1200. The average Bonchev–Trinajstić information content (AvgIpc) is 3.32. The Labute approximate surface area is 204 Å². The van der Waals surface area contributed by atoms with E-state index in [0.717, 1.165) is 16.8 Å². The molecule has 4 rings (SSSR count). The Balaban J connectivity index is 1.85. The number of nitrogens with one attached hydrogen (secondary N) is 1. The normalized spacial score (nSPS) is 14.5. The molecule has 0 radical (unpaired) electrons. The van der Waals surface area contributed by atoms with E-state index in [0.29, 0.717) is 53.4 Å². The van der Waals surface area contributed by atoms with Crippen LogP contribution >= 0.6 is 0 Å². The first-order chi connectivity index (χ1) is 17.1. The zero-order valence-electron chi connectivity index (χ0n) is 20.5. The summed E-state index contributed by atoms with van der Waals surface area (Å²) in [4.78, 5) is 4.68.